The maximum absolute atomic E-state index is 4.85. The van der Waals surface area contributed by atoms with Crippen molar-refractivity contribution in [1.82, 2.24) is 24.6 Å². The Morgan fingerprint density at radius 1 is 1.29 bits per heavy atom. The molecule has 1 atom stereocenters. The molecule has 5 nitrogen and oxygen atoms in total. The van der Waals surface area contributed by atoms with Gasteiger partial charge in [-0.3, -0.25) is 4.98 Å². The number of hydrogen-bond donors (Lipinski definition) is 0. The Bertz CT molecular complexity index is 590. The Labute approximate surface area is 126 Å². The molecule has 112 valence electrons. The zero-order valence-corrected chi connectivity index (χ0v) is 13.0. The van der Waals surface area contributed by atoms with Gasteiger partial charge in [-0.15, -0.1) is 0 Å². The Balaban J connectivity index is 1.94. The molecule has 2 aromatic rings. The Hall–Kier alpha value is -1.75. The molecule has 1 aliphatic rings. The topological polar surface area (TPSA) is 46.8 Å². The summed E-state index contributed by atoms with van der Waals surface area (Å²) in [7, 11) is 0. The highest BCUT2D eigenvalue weighted by Crippen LogP contribution is 2.29. The highest BCUT2D eigenvalue weighted by molar-refractivity contribution is 5.53. The third kappa shape index (κ3) is 2.83. The summed E-state index contributed by atoms with van der Waals surface area (Å²) in [5, 5.41) is 4.73. The minimum absolute atomic E-state index is 0.332. The van der Waals surface area contributed by atoms with Crippen LogP contribution in [0.4, 0.5) is 0 Å². The van der Waals surface area contributed by atoms with Gasteiger partial charge in [0.2, 0.25) is 0 Å². The molecule has 0 unspecified atom stereocenters. The van der Waals surface area contributed by atoms with E-state index in [9.17, 15) is 0 Å². The van der Waals surface area contributed by atoms with E-state index in [1.807, 2.05) is 12.1 Å². The summed E-state index contributed by atoms with van der Waals surface area (Å²) in [6.07, 6.45) is 4.76. The van der Waals surface area contributed by atoms with E-state index in [1.54, 1.807) is 12.4 Å². The first-order chi connectivity index (χ1) is 10.2. The second-order valence-corrected chi connectivity index (χ2v) is 5.95. The van der Waals surface area contributed by atoms with E-state index in [1.165, 1.54) is 6.42 Å². The van der Waals surface area contributed by atoms with Crippen LogP contribution in [0.25, 0.3) is 11.4 Å². The molecule has 1 fully saturated rings. The van der Waals surface area contributed by atoms with Crippen LogP contribution < -0.4 is 0 Å². The standard InChI is InChI=1S/C16H23N5/c1-4-20-10-7-14(11-20)16-18-15(19-21(16)12(2)3)13-5-8-17-9-6-13/h5-6,8-9,12,14H,4,7,10-11H2,1-3H3/t14-/m1/s1. The van der Waals surface area contributed by atoms with Crippen LogP contribution in [0.5, 0.6) is 0 Å². The molecule has 0 aliphatic carbocycles. The molecule has 0 saturated carbocycles. The lowest BCUT2D eigenvalue weighted by molar-refractivity contribution is 0.349. The second-order valence-electron chi connectivity index (χ2n) is 5.95. The van der Waals surface area contributed by atoms with E-state index in [0.717, 1.165) is 36.8 Å². The fraction of sp³-hybridized carbons (Fsp3) is 0.562. The van der Waals surface area contributed by atoms with Gasteiger partial charge in [0.15, 0.2) is 5.82 Å². The lowest BCUT2D eigenvalue weighted by atomic mass is 10.1. The summed E-state index contributed by atoms with van der Waals surface area (Å²) < 4.78 is 2.10. The van der Waals surface area contributed by atoms with E-state index in [2.05, 4.69) is 35.3 Å². The van der Waals surface area contributed by atoms with Gasteiger partial charge in [0.25, 0.3) is 0 Å². The number of aromatic nitrogens is 4. The summed E-state index contributed by atoms with van der Waals surface area (Å²) >= 11 is 0. The van der Waals surface area contributed by atoms with E-state index in [4.69, 9.17) is 10.1 Å². The Kier molecular flexibility index (Phi) is 4.01. The molecule has 0 amide bonds. The van der Waals surface area contributed by atoms with Crippen LogP contribution in [0.15, 0.2) is 24.5 Å². The van der Waals surface area contributed by atoms with Crippen molar-refractivity contribution in [2.24, 2.45) is 0 Å². The maximum Gasteiger partial charge on any atom is 0.181 e. The van der Waals surface area contributed by atoms with Gasteiger partial charge in [0.05, 0.1) is 0 Å². The molecule has 2 aromatic heterocycles. The number of pyridine rings is 1. The predicted octanol–water partition coefficient (Wildman–Crippen LogP) is 2.73. The zero-order chi connectivity index (χ0) is 14.8. The quantitative estimate of drug-likeness (QED) is 0.866. The van der Waals surface area contributed by atoms with Gasteiger partial charge in [-0.1, -0.05) is 6.92 Å². The molecule has 1 saturated heterocycles. The Morgan fingerprint density at radius 2 is 2.05 bits per heavy atom. The van der Waals surface area contributed by atoms with Crippen LogP contribution in [0.2, 0.25) is 0 Å². The molecule has 0 N–H and O–H groups in total. The minimum Gasteiger partial charge on any atom is -0.303 e. The van der Waals surface area contributed by atoms with Crippen LogP contribution in [-0.4, -0.2) is 44.3 Å². The van der Waals surface area contributed by atoms with Gasteiger partial charge < -0.3 is 4.90 Å². The number of likely N-dealkylation sites (tertiary alicyclic amines) is 1. The van der Waals surface area contributed by atoms with Crippen molar-refractivity contribution in [3.05, 3.63) is 30.4 Å². The van der Waals surface area contributed by atoms with Crippen molar-refractivity contribution < 1.29 is 0 Å². The highest BCUT2D eigenvalue weighted by atomic mass is 15.4. The van der Waals surface area contributed by atoms with Crippen LogP contribution in [0.1, 0.15) is 45.0 Å². The summed E-state index contributed by atoms with van der Waals surface area (Å²) in [5.74, 6) is 2.44. The number of likely N-dealkylation sites (N-methyl/N-ethyl adjacent to an activating group) is 1. The zero-order valence-electron chi connectivity index (χ0n) is 13.0. The molecule has 1 aliphatic heterocycles. The normalized spacial score (nSPS) is 19.5. The van der Waals surface area contributed by atoms with Crippen molar-refractivity contribution >= 4 is 0 Å². The molecule has 21 heavy (non-hydrogen) atoms. The first-order valence-corrected chi connectivity index (χ1v) is 7.78. The fourth-order valence-corrected chi connectivity index (χ4v) is 2.95. The second kappa shape index (κ2) is 5.93. The smallest absolute Gasteiger partial charge is 0.181 e. The molecule has 5 heteroatoms. The van der Waals surface area contributed by atoms with Gasteiger partial charge in [0, 0.05) is 36.5 Å². The Morgan fingerprint density at radius 3 is 2.67 bits per heavy atom. The lowest BCUT2D eigenvalue weighted by Gasteiger charge is -2.15. The first kappa shape index (κ1) is 14.2. The van der Waals surface area contributed by atoms with E-state index >= 15 is 0 Å². The van der Waals surface area contributed by atoms with Crippen molar-refractivity contribution in [2.45, 2.75) is 39.2 Å². The van der Waals surface area contributed by atoms with Gasteiger partial charge in [0.1, 0.15) is 5.82 Å². The molecule has 0 bridgehead atoms. The van der Waals surface area contributed by atoms with E-state index in [0.29, 0.717) is 12.0 Å². The summed E-state index contributed by atoms with van der Waals surface area (Å²) in [5.41, 5.74) is 1.04. The van der Waals surface area contributed by atoms with Crippen LogP contribution in [0.3, 0.4) is 0 Å². The van der Waals surface area contributed by atoms with Crippen molar-refractivity contribution in [3.8, 4) is 11.4 Å². The fourth-order valence-electron chi connectivity index (χ4n) is 2.95. The third-order valence-electron chi connectivity index (χ3n) is 4.17. The minimum atomic E-state index is 0.332. The molecule has 3 heterocycles. The maximum atomic E-state index is 4.85. The van der Waals surface area contributed by atoms with Crippen molar-refractivity contribution in [2.75, 3.05) is 19.6 Å². The molecular weight excluding hydrogens is 262 g/mol. The largest absolute Gasteiger partial charge is 0.303 e. The van der Waals surface area contributed by atoms with Gasteiger partial charge in [-0.2, -0.15) is 5.10 Å². The first-order valence-electron chi connectivity index (χ1n) is 7.78. The molecule has 0 spiro atoms. The third-order valence-corrected chi connectivity index (χ3v) is 4.17. The number of hydrogen-bond acceptors (Lipinski definition) is 4. The van der Waals surface area contributed by atoms with Crippen molar-refractivity contribution in [1.29, 1.82) is 0 Å². The molecule has 3 rings (SSSR count). The summed E-state index contributed by atoms with van der Waals surface area (Å²) in [6.45, 7) is 9.93. The SMILES string of the molecule is CCN1CC[C@@H](c2nc(-c3ccncc3)nn2C(C)C)C1. The van der Waals surface area contributed by atoms with Gasteiger partial charge >= 0.3 is 0 Å². The summed E-state index contributed by atoms with van der Waals surface area (Å²) in [6, 6.07) is 4.27. The van der Waals surface area contributed by atoms with Gasteiger partial charge in [-0.05, 0) is 45.5 Å². The van der Waals surface area contributed by atoms with E-state index < -0.39 is 0 Å². The predicted molar refractivity (Wildman–Crippen MR) is 83.1 cm³/mol. The average molecular weight is 285 g/mol. The highest BCUT2D eigenvalue weighted by Gasteiger charge is 2.28. The van der Waals surface area contributed by atoms with Crippen molar-refractivity contribution in [3.63, 3.8) is 0 Å². The monoisotopic (exact) mass is 285 g/mol. The molecule has 0 radical (unpaired) electrons. The molecular formula is C16H23N5. The lowest BCUT2D eigenvalue weighted by Crippen LogP contribution is -2.20. The van der Waals surface area contributed by atoms with Crippen LogP contribution >= 0.6 is 0 Å². The number of nitrogens with zero attached hydrogens (tertiary/aromatic N) is 5. The average Bonchev–Trinajstić information content (AvgIpc) is 3.14. The van der Waals surface area contributed by atoms with Gasteiger partial charge in [-0.25, -0.2) is 9.67 Å². The molecule has 0 aromatic carbocycles. The summed E-state index contributed by atoms with van der Waals surface area (Å²) in [4.78, 5) is 11.4. The van der Waals surface area contributed by atoms with E-state index in [-0.39, 0.29) is 0 Å². The van der Waals surface area contributed by atoms with Crippen LogP contribution in [0, 0.1) is 0 Å². The van der Waals surface area contributed by atoms with Crippen LogP contribution in [-0.2, 0) is 0 Å². The number of rotatable bonds is 4.